The van der Waals surface area contributed by atoms with Crippen LogP contribution < -0.4 is 15.4 Å². The fourth-order valence-electron chi connectivity index (χ4n) is 3.72. The van der Waals surface area contributed by atoms with Crippen molar-refractivity contribution in [3.8, 4) is 5.75 Å². The van der Waals surface area contributed by atoms with Gasteiger partial charge in [0.2, 0.25) is 11.8 Å². The van der Waals surface area contributed by atoms with Gasteiger partial charge in [0.25, 0.3) is 0 Å². The number of fused-ring (bicyclic) bond motifs is 1. The second-order valence-corrected chi connectivity index (χ2v) is 7.94. The zero-order valence-corrected chi connectivity index (χ0v) is 17.2. The predicted molar refractivity (Wildman–Crippen MR) is 109 cm³/mol. The van der Waals surface area contributed by atoms with E-state index < -0.39 is 31.6 Å². The third kappa shape index (κ3) is 6.19. The molecule has 3 atom stereocenters. The van der Waals surface area contributed by atoms with Gasteiger partial charge < -0.3 is 30.5 Å². The number of nitrogens with one attached hydrogen (secondary N) is 2. The van der Waals surface area contributed by atoms with Crippen LogP contribution in [0.15, 0.2) is 18.2 Å². The van der Waals surface area contributed by atoms with Gasteiger partial charge in [-0.05, 0) is 48.8 Å². The van der Waals surface area contributed by atoms with Gasteiger partial charge in [-0.3, -0.25) is 9.59 Å². The third-order valence-electron chi connectivity index (χ3n) is 5.26. The molecule has 9 heteroatoms. The van der Waals surface area contributed by atoms with Gasteiger partial charge in [-0.2, -0.15) is 0 Å². The Morgan fingerprint density at radius 3 is 2.59 bits per heavy atom. The number of hydrogen-bond donors (Lipinski definition) is 5. The summed E-state index contributed by atoms with van der Waals surface area (Å²) in [5.74, 6) is -1.19. The number of hydrogen-bond acceptors (Lipinski definition) is 6. The summed E-state index contributed by atoms with van der Waals surface area (Å²) in [6.45, 7) is 3.20. The Morgan fingerprint density at radius 1 is 1.28 bits per heavy atom. The predicted octanol–water partition coefficient (Wildman–Crippen LogP) is -0.180. The number of aliphatic hydroxyl groups is 1. The van der Waals surface area contributed by atoms with Crippen LogP contribution in [0.5, 0.6) is 5.75 Å². The highest BCUT2D eigenvalue weighted by Crippen LogP contribution is 2.32. The molecular formula is C20H31BN2O6. The number of carbonyl (C=O) groups is 2. The van der Waals surface area contributed by atoms with Crippen molar-refractivity contribution in [3.05, 3.63) is 29.3 Å². The highest BCUT2D eigenvalue weighted by molar-refractivity contribution is 6.43. The topological polar surface area (TPSA) is 128 Å². The maximum absolute atomic E-state index is 12.7. The molecule has 1 aliphatic rings. The van der Waals surface area contributed by atoms with Gasteiger partial charge in [0.1, 0.15) is 11.8 Å². The Balaban J connectivity index is 1.99. The quantitative estimate of drug-likeness (QED) is 0.362. The summed E-state index contributed by atoms with van der Waals surface area (Å²) in [7, 11) is -0.101. The van der Waals surface area contributed by atoms with Crippen molar-refractivity contribution < 1.29 is 29.5 Å². The van der Waals surface area contributed by atoms with Gasteiger partial charge in [0.05, 0.1) is 19.7 Å². The molecule has 1 aliphatic carbocycles. The molecule has 8 nitrogen and oxygen atoms in total. The van der Waals surface area contributed by atoms with Gasteiger partial charge in [-0.15, -0.1) is 0 Å². The van der Waals surface area contributed by atoms with Crippen molar-refractivity contribution >= 4 is 18.9 Å². The molecule has 0 bridgehead atoms. The first-order valence-electron chi connectivity index (χ1n) is 9.99. The van der Waals surface area contributed by atoms with E-state index in [1.807, 2.05) is 32.0 Å². The van der Waals surface area contributed by atoms with Crippen LogP contribution >= 0.6 is 0 Å². The number of carbonyl (C=O) groups excluding carboxylic acids is 2. The van der Waals surface area contributed by atoms with Gasteiger partial charge >= 0.3 is 7.12 Å². The number of methoxy groups -OCH3 is 1. The Hall–Kier alpha value is -2.10. The fourth-order valence-corrected chi connectivity index (χ4v) is 3.72. The molecule has 0 radical (unpaired) electrons. The standard InChI is InChI=1S/C20H31BN2O6/c1-12(2)9-18(21(27)28)23-20(26)16(11-24)22-19(25)14-7-8-15-13(10-14)5-4-6-17(15)29-3/h4-6,12,14,16,18,24,27-28H,7-11H2,1-3H3,(H,22,25)(H,23,26)/t14?,16-,18?/m0/s1. The lowest BCUT2D eigenvalue weighted by Gasteiger charge is -2.27. The maximum Gasteiger partial charge on any atom is 0.475 e. The highest BCUT2D eigenvalue weighted by atomic mass is 16.5. The number of benzene rings is 1. The summed E-state index contributed by atoms with van der Waals surface area (Å²) in [4.78, 5) is 25.1. The van der Waals surface area contributed by atoms with Crippen molar-refractivity contribution in [2.45, 2.75) is 51.5 Å². The molecule has 0 spiro atoms. The molecule has 0 saturated carbocycles. The second-order valence-electron chi connectivity index (χ2n) is 7.94. The van der Waals surface area contributed by atoms with Gasteiger partial charge in [0, 0.05) is 5.92 Å². The number of rotatable bonds is 9. The van der Waals surface area contributed by atoms with E-state index >= 15 is 0 Å². The first kappa shape index (κ1) is 23.2. The molecule has 0 aliphatic heterocycles. The normalized spacial score (nSPS) is 17.8. The van der Waals surface area contributed by atoms with Crippen LogP contribution in [0, 0.1) is 11.8 Å². The summed E-state index contributed by atoms with van der Waals surface area (Å²) in [6.07, 6.45) is 2.20. The lowest BCUT2D eigenvalue weighted by atomic mass is 9.75. The minimum Gasteiger partial charge on any atom is -0.496 e. The molecule has 2 unspecified atom stereocenters. The Labute approximate surface area is 171 Å². The van der Waals surface area contributed by atoms with Crippen LogP contribution in [0.1, 0.15) is 37.8 Å². The molecule has 1 aromatic carbocycles. The van der Waals surface area contributed by atoms with Crippen LogP contribution in [0.25, 0.3) is 0 Å². The van der Waals surface area contributed by atoms with Gasteiger partial charge in [-0.25, -0.2) is 0 Å². The van der Waals surface area contributed by atoms with E-state index in [1.165, 1.54) is 0 Å². The molecular weight excluding hydrogens is 375 g/mol. The maximum atomic E-state index is 12.7. The Kier molecular flexibility index (Phi) is 8.49. The van der Waals surface area contributed by atoms with Gasteiger partial charge in [-0.1, -0.05) is 26.0 Å². The van der Waals surface area contributed by atoms with Crippen LogP contribution in [-0.4, -0.2) is 59.8 Å². The largest absolute Gasteiger partial charge is 0.496 e. The van der Waals surface area contributed by atoms with Crippen molar-refractivity contribution in [2.24, 2.45) is 11.8 Å². The Bertz CT molecular complexity index is 712. The molecule has 5 N–H and O–H groups in total. The summed E-state index contributed by atoms with van der Waals surface area (Å²) in [5.41, 5.74) is 2.14. The summed E-state index contributed by atoms with van der Waals surface area (Å²) in [6, 6.07) is 4.60. The van der Waals surface area contributed by atoms with Crippen LogP contribution in [0.4, 0.5) is 0 Å². The fraction of sp³-hybridized carbons (Fsp3) is 0.600. The molecule has 160 valence electrons. The van der Waals surface area contributed by atoms with Crippen LogP contribution in [0.2, 0.25) is 0 Å². The first-order valence-corrected chi connectivity index (χ1v) is 9.99. The third-order valence-corrected chi connectivity index (χ3v) is 5.26. The van der Waals surface area contributed by atoms with E-state index in [-0.39, 0.29) is 17.7 Å². The van der Waals surface area contributed by atoms with E-state index in [1.54, 1.807) is 7.11 Å². The molecule has 2 amide bonds. The van der Waals surface area contributed by atoms with E-state index in [0.29, 0.717) is 25.7 Å². The molecule has 1 aromatic rings. The van der Waals surface area contributed by atoms with E-state index in [0.717, 1.165) is 16.9 Å². The highest BCUT2D eigenvalue weighted by Gasteiger charge is 2.32. The van der Waals surface area contributed by atoms with E-state index in [4.69, 9.17) is 4.74 Å². The average Bonchev–Trinajstić information content (AvgIpc) is 2.69. The van der Waals surface area contributed by atoms with Gasteiger partial charge in [0.15, 0.2) is 0 Å². The Morgan fingerprint density at radius 2 is 2.00 bits per heavy atom. The smallest absolute Gasteiger partial charge is 0.475 e. The second kappa shape index (κ2) is 10.6. The van der Waals surface area contributed by atoms with Crippen LogP contribution in [0.3, 0.4) is 0 Å². The van der Waals surface area contributed by atoms with Crippen molar-refractivity contribution in [2.75, 3.05) is 13.7 Å². The molecule has 29 heavy (non-hydrogen) atoms. The molecule has 0 heterocycles. The zero-order valence-electron chi connectivity index (χ0n) is 17.2. The van der Waals surface area contributed by atoms with E-state index in [2.05, 4.69) is 10.6 Å². The van der Waals surface area contributed by atoms with Crippen molar-refractivity contribution in [1.82, 2.24) is 10.6 Å². The molecule has 0 saturated heterocycles. The molecule has 0 fully saturated rings. The zero-order chi connectivity index (χ0) is 21.6. The van der Waals surface area contributed by atoms with Crippen LogP contribution in [-0.2, 0) is 22.4 Å². The molecule has 0 aromatic heterocycles. The van der Waals surface area contributed by atoms with Crippen molar-refractivity contribution in [1.29, 1.82) is 0 Å². The number of ether oxygens (including phenoxy) is 1. The molecule has 2 rings (SSSR count). The minimum absolute atomic E-state index is 0.128. The number of aliphatic hydroxyl groups excluding tert-OH is 1. The minimum atomic E-state index is -1.72. The SMILES string of the molecule is COc1cccc2c1CCC(C(=O)N[C@@H](CO)C(=O)NC(CC(C)C)B(O)O)C2. The lowest BCUT2D eigenvalue weighted by molar-refractivity contribution is -0.132. The van der Waals surface area contributed by atoms with Crippen molar-refractivity contribution in [3.63, 3.8) is 0 Å². The average molecular weight is 406 g/mol. The summed E-state index contributed by atoms with van der Waals surface area (Å²) < 4.78 is 5.38. The van der Waals surface area contributed by atoms with E-state index in [9.17, 15) is 24.7 Å². The monoisotopic (exact) mass is 406 g/mol. The summed E-state index contributed by atoms with van der Waals surface area (Å²) in [5, 5.41) is 33.6. The summed E-state index contributed by atoms with van der Waals surface area (Å²) >= 11 is 0. The number of amides is 2. The lowest BCUT2D eigenvalue weighted by Crippen LogP contribution is -2.56. The first-order chi connectivity index (χ1) is 13.8.